The highest BCUT2D eigenvalue weighted by Crippen LogP contribution is 2.28. The Morgan fingerprint density at radius 2 is 2.00 bits per heavy atom. The Kier molecular flexibility index (Phi) is 4.52. The van der Waals surface area contributed by atoms with Gasteiger partial charge in [0.15, 0.2) is 11.2 Å². The molecule has 1 aliphatic heterocycles. The number of hydrogen-bond acceptors (Lipinski definition) is 5. The molecule has 2 aromatic carbocycles. The number of ketones is 1. The number of furan rings is 1. The van der Waals surface area contributed by atoms with Crippen molar-refractivity contribution in [3.8, 4) is 0 Å². The highest BCUT2D eigenvalue weighted by atomic mass is 16.3. The number of hydrogen-bond donors (Lipinski definition) is 0. The molecule has 5 rings (SSSR count). The number of fused-ring (bicyclic) bond motifs is 2. The first-order chi connectivity index (χ1) is 14.2. The van der Waals surface area contributed by atoms with Crippen molar-refractivity contribution in [3.05, 3.63) is 82.6 Å². The fourth-order valence-electron chi connectivity index (χ4n) is 4.22. The molecule has 0 N–H and O–H groups in total. The second kappa shape index (κ2) is 7.33. The molecule has 1 aliphatic rings. The number of carbonyl (C=O) groups excluding carboxylic acids is 1. The number of carbonyl (C=O) groups is 1. The smallest absolute Gasteiger partial charge is 0.192 e. The van der Waals surface area contributed by atoms with E-state index in [1.807, 2.05) is 42.7 Å². The van der Waals surface area contributed by atoms with Crippen molar-refractivity contribution in [3.63, 3.8) is 0 Å². The Balaban J connectivity index is 1.29. The third kappa shape index (κ3) is 3.49. The first-order valence-corrected chi connectivity index (χ1v) is 9.90. The zero-order chi connectivity index (χ0) is 19.8. The van der Waals surface area contributed by atoms with Gasteiger partial charge in [0.05, 0.1) is 24.2 Å². The molecule has 146 valence electrons. The van der Waals surface area contributed by atoms with Gasteiger partial charge in [-0.3, -0.25) is 9.59 Å². The minimum absolute atomic E-state index is 0.0624. The van der Waals surface area contributed by atoms with Crippen LogP contribution < -0.4 is 5.43 Å². The van der Waals surface area contributed by atoms with E-state index in [4.69, 9.17) is 8.83 Å². The highest BCUT2D eigenvalue weighted by Gasteiger charge is 2.24. The summed E-state index contributed by atoms with van der Waals surface area (Å²) in [5.41, 5.74) is 2.41. The molecular formula is C24H21NO4. The third-order valence-electron chi connectivity index (χ3n) is 5.88. The van der Waals surface area contributed by atoms with Gasteiger partial charge >= 0.3 is 0 Å². The molecule has 0 amide bonds. The maximum atomic E-state index is 12.8. The number of likely N-dealkylation sites (tertiary alicyclic amines) is 1. The molecular weight excluding hydrogens is 366 g/mol. The quantitative estimate of drug-likeness (QED) is 0.370. The van der Waals surface area contributed by atoms with Crippen molar-refractivity contribution < 1.29 is 13.6 Å². The van der Waals surface area contributed by atoms with Crippen LogP contribution in [-0.2, 0) is 0 Å². The van der Waals surface area contributed by atoms with Crippen molar-refractivity contribution in [2.75, 3.05) is 19.6 Å². The zero-order valence-corrected chi connectivity index (χ0v) is 16.0. The van der Waals surface area contributed by atoms with Crippen LogP contribution >= 0.6 is 0 Å². The van der Waals surface area contributed by atoms with Crippen LogP contribution in [-0.4, -0.2) is 30.3 Å². The van der Waals surface area contributed by atoms with Crippen molar-refractivity contribution in [1.82, 2.24) is 4.90 Å². The van der Waals surface area contributed by atoms with Crippen LogP contribution in [0.5, 0.6) is 0 Å². The molecule has 0 saturated carbocycles. The molecule has 1 fully saturated rings. The van der Waals surface area contributed by atoms with Gasteiger partial charge in [-0.05, 0) is 53.6 Å². The maximum absolute atomic E-state index is 12.8. The lowest BCUT2D eigenvalue weighted by Crippen LogP contribution is -2.23. The molecule has 1 saturated heterocycles. The molecule has 4 aromatic rings. The van der Waals surface area contributed by atoms with E-state index in [9.17, 15) is 9.59 Å². The molecule has 29 heavy (non-hydrogen) atoms. The molecule has 2 aromatic heterocycles. The van der Waals surface area contributed by atoms with E-state index in [2.05, 4.69) is 4.90 Å². The number of rotatable bonds is 5. The van der Waals surface area contributed by atoms with E-state index in [1.54, 1.807) is 6.26 Å². The first kappa shape index (κ1) is 17.9. The van der Waals surface area contributed by atoms with Crippen LogP contribution in [0.3, 0.4) is 0 Å². The van der Waals surface area contributed by atoms with Crippen molar-refractivity contribution in [2.45, 2.75) is 18.8 Å². The fourth-order valence-corrected chi connectivity index (χ4v) is 4.22. The minimum Gasteiger partial charge on any atom is -0.472 e. The Morgan fingerprint density at radius 3 is 2.86 bits per heavy atom. The summed E-state index contributed by atoms with van der Waals surface area (Å²) in [5.74, 6) is 0.626. The van der Waals surface area contributed by atoms with Crippen LogP contribution in [0.15, 0.2) is 74.9 Å². The number of benzene rings is 2. The maximum Gasteiger partial charge on any atom is 0.192 e. The van der Waals surface area contributed by atoms with Gasteiger partial charge in [-0.1, -0.05) is 12.1 Å². The molecule has 0 spiro atoms. The first-order valence-electron chi connectivity index (χ1n) is 9.90. The average molecular weight is 387 g/mol. The summed E-state index contributed by atoms with van der Waals surface area (Å²) < 4.78 is 10.6. The SMILES string of the molecule is O=C(CCN1CCC(c2ccoc2)C1)c1ccc2cc3c(=O)ccoc3cc2c1. The molecule has 1 unspecified atom stereocenters. The van der Waals surface area contributed by atoms with E-state index in [0.717, 1.165) is 36.8 Å². The van der Waals surface area contributed by atoms with Gasteiger partial charge in [0, 0.05) is 37.1 Å². The second-order valence-electron chi connectivity index (χ2n) is 7.71. The van der Waals surface area contributed by atoms with E-state index in [1.165, 1.54) is 17.9 Å². The van der Waals surface area contributed by atoms with Gasteiger partial charge in [-0.15, -0.1) is 0 Å². The number of nitrogens with zero attached hydrogens (tertiary/aromatic N) is 1. The predicted octanol–water partition coefficient (Wildman–Crippen LogP) is 4.60. The summed E-state index contributed by atoms with van der Waals surface area (Å²) >= 11 is 0. The summed E-state index contributed by atoms with van der Waals surface area (Å²) in [6, 6.07) is 12.7. The lowest BCUT2D eigenvalue weighted by molar-refractivity contribution is 0.0969. The summed E-state index contributed by atoms with van der Waals surface area (Å²) in [6.45, 7) is 2.74. The average Bonchev–Trinajstić information content (AvgIpc) is 3.42. The van der Waals surface area contributed by atoms with Gasteiger partial charge in [0.2, 0.25) is 0 Å². The van der Waals surface area contributed by atoms with Crippen LogP contribution in [0, 0.1) is 0 Å². The fraction of sp³-hybridized carbons (Fsp3) is 0.250. The summed E-state index contributed by atoms with van der Waals surface area (Å²) in [6.07, 6.45) is 6.53. The highest BCUT2D eigenvalue weighted by molar-refractivity contribution is 6.02. The van der Waals surface area contributed by atoms with Gasteiger partial charge in [-0.25, -0.2) is 0 Å². The van der Waals surface area contributed by atoms with E-state index < -0.39 is 0 Å². The Labute approximate surface area is 167 Å². The molecule has 1 atom stereocenters. The molecule has 0 bridgehead atoms. The van der Waals surface area contributed by atoms with Crippen molar-refractivity contribution >= 4 is 27.5 Å². The summed E-state index contributed by atoms with van der Waals surface area (Å²) in [7, 11) is 0. The van der Waals surface area contributed by atoms with Gasteiger partial charge in [0.25, 0.3) is 0 Å². The molecule has 5 nitrogen and oxygen atoms in total. The van der Waals surface area contributed by atoms with E-state index in [-0.39, 0.29) is 11.2 Å². The normalized spacial score (nSPS) is 17.3. The van der Waals surface area contributed by atoms with Gasteiger partial charge in [0.1, 0.15) is 5.58 Å². The van der Waals surface area contributed by atoms with Crippen molar-refractivity contribution in [1.29, 1.82) is 0 Å². The largest absolute Gasteiger partial charge is 0.472 e. The van der Waals surface area contributed by atoms with Crippen molar-refractivity contribution in [2.24, 2.45) is 0 Å². The van der Waals surface area contributed by atoms with Crippen LogP contribution in [0.4, 0.5) is 0 Å². The summed E-state index contributed by atoms with van der Waals surface area (Å²) in [4.78, 5) is 27.1. The lowest BCUT2D eigenvalue weighted by Gasteiger charge is -2.15. The summed E-state index contributed by atoms with van der Waals surface area (Å²) in [5, 5.41) is 2.38. The minimum atomic E-state index is -0.0624. The number of Topliss-reactive ketones (excluding diaryl/α,β-unsaturated/α-hetero) is 1. The molecule has 3 heterocycles. The third-order valence-corrected chi connectivity index (χ3v) is 5.88. The van der Waals surface area contributed by atoms with E-state index in [0.29, 0.717) is 28.9 Å². The lowest BCUT2D eigenvalue weighted by atomic mass is 10.0. The van der Waals surface area contributed by atoms with E-state index >= 15 is 0 Å². The van der Waals surface area contributed by atoms with Gasteiger partial charge < -0.3 is 13.7 Å². The van der Waals surface area contributed by atoms with Crippen LogP contribution in [0.2, 0.25) is 0 Å². The molecule has 0 radical (unpaired) electrons. The Hall–Kier alpha value is -3.18. The standard InChI is InChI=1S/C24H21NO4/c26-22(4-8-25-7-3-18(14-25)19-5-9-28-15-19)17-2-1-16-12-21-23(27)6-10-29-24(21)13-20(16)11-17/h1-2,5-6,9-13,15,18H,3-4,7-8,14H2. The second-order valence-corrected chi connectivity index (χ2v) is 7.71. The topological polar surface area (TPSA) is 63.7 Å². The molecule has 5 heteroatoms. The zero-order valence-electron chi connectivity index (χ0n) is 16.0. The Morgan fingerprint density at radius 1 is 1.07 bits per heavy atom. The van der Waals surface area contributed by atoms with Gasteiger partial charge in [-0.2, -0.15) is 0 Å². The monoisotopic (exact) mass is 387 g/mol. The molecule has 0 aliphatic carbocycles. The van der Waals surface area contributed by atoms with Crippen LogP contribution in [0.1, 0.15) is 34.7 Å². The Bertz CT molecular complexity index is 1240. The van der Waals surface area contributed by atoms with Crippen LogP contribution in [0.25, 0.3) is 21.7 Å². The predicted molar refractivity (Wildman–Crippen MR) is 111 cm³/mol.